The Morgan fingerprint density at radius 1 is 1.19 bits per heavy atom. The monoisotopic (exact) mass is 325 g/mol. The van der Waals surface area contributed by atoms with Crippen molar-refractivity contribution in [2.24, 2.45) is 0 Å². The molecule has 1 aromatic heterocycles. The molecule has 3 N–H and O–H groups in total. The maximum absolute atomic E-state index is 11.7. The van der Waals surface area contributed by atoms with E-state index in [9.17, 15) is 14.4 Å². The van der Waals surface area contributed by atoms with E-state index in [0.29, 0.717) is 17.2 Å². The van der Waals surface area contributed by atoms with Gasteiger partial charge in [0.1, 0.15) is 0 Å². The van der Waals surface area contributed by atoms with Gasteiger partial charge >= 0.3 is 7.60 Å². The number of benzene rings is 1. The molecule has 4 nitrogen and oxygen atoms in total. The number of hydrogen-bond acceptors (Lipinski definition) is 3. The van der Waals surface area contributed by atoms with Crippen LogP contribution >= 0.6 is 18.9 Å². The van der Waals surface area contributed by atoms with Crippen LogP contribution in [0.3, 0.4) is 0 Å². The van der Waals surface area contributed by atoms with Gasteiger partial charge in [-0.1, -0.05) is 26.0 Å². The molecule has 2 aromatic rings. The fourth-order valence-electron chi connectivity index (χ4n) is 2.09. The van der Waals surface area contributed by atoms with Crippen LogP contribution in [-0.2, 0) is 4.57 Å². The van der Waals surface area contributed by atoms with Crippen molar-refractivity contribution in [1.82, 2.24) is 0 Å². The molecule has 0 bridgehead atoms. The molecule has 0 saturated carbocycles. The predicted octanol–water partition coefficient (Wildman–Crippen LogP) is 4.55. The fraction of sp³-hybridized carbons (Fsp3) is 0.333. The smallest absolute Gasteiger partial charge is 0.352 e. The second kappa shape index (κ2) is 6.75. The van der Waals surface area contributed by atoms with Crippen molar-refractivity contribution in [3.8, 4) is 0 Å². The highest BCUT2D eigenvalue weighted by Gasteiger charge is 2.30. The van der Waals surface area contributed by atoms with Gasteiger partial charge in [-0.25, -0.2) is 0 Å². The Morgan fingerprint density at radius 2 is 1.86 bits per heavy atom. The summed E-state index contributed by atoms with van der Waals surface area (Å²) >= 11 is 1.42. The van der Waals surface area contributed by atoms with Gasteiger partial charge in [0, 0.05) is 5.69 Å². The van der Waals surface area contributed by atoms with Crippen LogP contribution in [0.1, 0.15) is 43.1 Å². The highest BCUT2D eigenvalue weighted by atomic mass is 32.1. The molecule has 1 heterocycles. The van der Waals surface area contributed by atoms with Crippen molar-refractivity contribution in [3.05, 3.63) is 52.2 Å². The molecule has 1 aromatic carbocycles. The molecule has 6 heteroatoms. The lowest BCUT2D eigenvalue weighted by atomic mass is 9.99. The van der Waals surface area contributed by atoms with Crippen LogP contribution in [0, 0.1) is 0 Å². The van der Waals surface area contributed by atoms with Crippen LogP contribution in [-0.4, -0.2) is 9.79 Å². The summed E-state index contributed by atoms with van der Waals surface area (Å²) in [5.41, 5.74) is 2.55. The van der Waals surface area contributed by atoms with Gasteiger partial charge in [-0.05, 0) is 52.4 Å². The van der Waals surface area contributed by atoms with E-state index in [4.69, 9.17) is 0 Å². The second-order valence-electron chi connectivity index (χ2n) is 5.12. The van der Waals surface area contributed by atoms with Gasteiger partial charge in [-0.2, -0.15) is 11.3 Å². The summed E-state index contributed by atoms with van der Waals surface area (Å²) in [6, 6.07) is 9.48. The Labute approximate surface area is 129 Å². The number of thiophene rings is 1. The maximum atomic E-state index is 11.7. The molecule has 114 valence electrons. The van der Waals surface area contributed by atoms with Gasteiger partial charge < -0.3 is 15.1 Å². The topological polar surface area (TPSA) is 69.6 Å². The molecule has 0 aliphatic heterocycles. The molecule has 0 amide bonds. The normalized spacial score (nSPS) is 14.7. The van der Waals surface area contributed by atoms with Crippen LogP contribution in [0.4, 0.5) is 5.69 Å². The molecule has 0 aliphatic carbocycles. The van der Waals surface area contributed by atoms with Gasteiger partial charge in [0.2, 0.25) is 0 Å². The molecule has 2 rings (SSSR count). The minimum atomic E-state index is -4.27. The average molecular weight is 325 g/mol. The number of anilines is 1. The number of nitrogens with one attached hydrogen (secondary N) is 1. The molecular formula is C15H20NO3PS. The largest absolute Gasteiger partial charge is 0.368 e. The standard InChI is InChI=1S/C15H20NO3PS/c1-3-11(2)12-4-6-14(7-5-12)16-15(20(17,18)19)13-8-9-21-10-13/h4-11,15-16H,3H2,1-2H3,(H2,17,18,19)/t11-,15-/m1/s1. The summed E-state index contributed by atoms with van der Waals surface area (Å²) in [6.07, 6.45) is 1.06. The zero-order valence-corrected chi connectivity index (χ0v) is 13.8. The lowest BCUT2D eigenvalue weighted by Gasteiger charge is -2.20. The van der Waals surface area contributed by atoms with E-state index in [2.05, 4.69) is 19.2 Å². The van der Waals surface area contributed by atoms with E-state index in [0.717, 1.165) is 6.42 Å². The molecule has 0 fully saturated rings. The first-order chi connectivity index (χ1) is 9.91. The average Bonchev–Trinajstić information content (AvgIpc) is 2.97. The summed E-state index contributed by atoms with van der Waals surface area (Å²) in [4.78, 5) is 19.1. The lowest BCUT2D eigenvalue weighted by Crippen LogP contribution is -2.10. The molecule has 0 radical (unpaired) electrons. The van der Waals surface area contributed by atoms with Crippen molar-refractivity contribution in [2.45, 2.75) is 32.0 Å². The summed E-state index contributed by atoms with van der Waals surface area (Å²) in [6.45, 7) is 4.30. The van der Waals surface area contributed by atoms with Crippen LogP contribution in [0.15, 0.2) is 41.1 Å². The number of hydrogen-bond donors (Lipinski definition) is 3. The van der Waals surface area contributed by atoms with Gasteiger partial charge in [0.25, 0.3) is 0 Å². The molecular weight excluding hydrogens is 305 g/mol. The van der Waals surface area contributed by atoms with Gasteiger partial charge in [0.05, 0.1) is 0 Å². The highest BCUT2D eigenvalue weighted by molar-refractivity contribution is 7.52. The van der Waals surface area contributed by atoms with E-state index in [1.54, 1.807) is 11.4 Å². The molecule has 2 atom stereocenters. The molecule has 0 aliphatic rings. The number of rotatable bonds is 6. The van der Waals surface area contributed by atoms with E-state index < -0.39 is 13.4 Å². The molecule has 21 heavy (non-hydrogen) atoms. The van der Waals surface area contributed by atoms with Crippen LogP contribution in [0.2, 0.25) is 0 Å². The van der Waals surface area contributed by atoms with Crippen molar-refractivity contribution in [1.29, 1.82) is 0 Å². The van der Waals surface area contributed by atoms with Gasteiger partial charge in [-0.3, -0.25) is 4.57 Å². The summed E-state index contributed by atoms with van der Waals surface area (Å²) in [5, 5.41) is 6.51. The Balaban J connectivity index is 2.20. The summed E-state index contributed by atoms with van der Waals surface area (Å²) in [5.74, 6) is -0.522. The molecule has 0 unspecified atom stereocenters. The second-order valence-corrected chi connectivity index (χ2v) is 7.60. The van der Waals surface area contributed by atoms with Crippen molar-refractivity contribution in [2.75, 3.05) is 5.32 Å². The Hall–Kier alpha value is -1.13. The minimum absolute atomic E-state index is 0.480. The predicted molar refractivity (Wildman–Crippen MR) is 87.9 cm³/mol. The van der Waals surface area contributed by atoms with E-state index in [-0.39, 0.29) is 0 Å². The van der Waals surface area contributed by atoms with Gasteiger partial charge in [0.15, 0.2) is 5.78 Å². The first-order valence-electron chi connectivity index (χ1n) is 6.85. The molecule has 0 spiro atoms. The SMILES string of the molecule is CC[C@@H](C)c1ccc(N[C@@H](c2ccsc2)P(=O)(O)O)cc1. The highest BCUT2D eigenvalue weighted by Crippen LogP contribution is 2.52. The summed E-state index contributed by atoms with van der Waals surface area (Å²) < 4.78 is 11.7. The van der Waals surface area contributed by atoms with E-state index in [1.165, 1.54) is 16.9 Å². The van der Waals surface area contributed by atoms with Crippen LogP contribution in [0.5, 0.6) is 0 Å². The quantitative estimate of drug-likeness (QED) is 0.682. The van der Waals surface area contributed by atoms with E-state index in [1.807, 2.05) is 29.6 Å². The van der Waals surface area contributed by atoms with Gasteiger partial charge in [-0.15, -0.1) is 0 Å². The van der Waals surface area contributed by atoms with E-state index >= 15 is 0 Å². The Kier molecular flexibility index (Phi) is 5.22. The Bertz CT molecular complexity index is 606. The third-order valence-electron chi connectivity index (χ3n) is 3.59. The summed E-state index contributed by atoms with van der Waals surface area (Å²) in [7, 11) is -4.27. The third kappa shape index (κ3) is 4.17. The van der Waals surface area contributed by atoms with Crippen molar-refractivity contribution >= 4 is 24.6 Å². The van der Waals surface area contributed by atoms with Crippen molar-refractivity contribution < 1.29 is 14.4 Å². The minimum Gasteiger partial charge on any atom is -0.368 e. The zero-order valence-electron chi connectivity index (χ0n) is 12.1. The van der Waals surface area contributed by atoms with Crippen LogP contribution in [0.25, 0.3) is 0 Å². The molecule has 0 saturated heterocycles. The third-order valence-corrected chi connectivity index (χ3v) is 5.39. The first-order valence-corrected chi connectivity index (χ1v) is 9.48. The van der Waals surface area contributed by atoms with Crippen LogP contribution < -0.4 is 5.32 Å². The maximum Gasteiger partial charge on any atom is 0.352 e. The lowest BCUT2D eigenvalue weighted by molar-refractivity contribution is 0.363. The first kappa shape index (κ1) is 16.2. The fourth-order valence-corrected chi connectivity index (χ4v) is 3.75. The van der Waals surface area contributed by atoms with Crippen molar-refractivity contribution in [3.63, 3.8) is 0 Å². The Morgan fingerprint density at radius 3 is 2.33 bits per heavy atom. The zero-order chi connectivity index (χ0) is 15.5.